The fourth-order valence-corrected chi connectivity index (χ4v) is 11.2. The van der Waals surface area contributed by atoms with Gasteiger partial charge in [0.25, 0.3) is 10.0 Å². The molecule has 1 aliphatic heterocycles. The van der Waals surface area contributed by atoms with E-state index in [1.165, 1.54) is 6.92 Å². The van der Waals surface area contributed by atoms with Gasteiger partial charge in [-0.1, -0.05) is 41.5 Å². The van der Waals surface area contributed by atoms with E-state index in [0.717, 1.165) is 12.7 Å². The van der Waals surface area contributed by atoms with Gasteiger partial charge in [0.15, 0.2) is 6.04 Å². The first-order chi connectivity index (χ1) is 43.0. The molecule has 0 fully saturated rings. The number of methoxy groups -OCH3 is 1. The zero-order valence-corrected chi connectivity index (χ0v) is 60.2. The van der Waals surface area contributed by atoms with E-state index in [4.69, 9.17) is 29.1 Å². The van der Waals surface area contributed by atoms with Crippen LogP contribution < -0.4 is 57.3 Å². The lowest BCUT2D eigenvalue weighted by atomic mass is 9.88. The van der Waals surface area contributed by atoms with Gasteiger partial charge in [0.1, 0.15) is 53.2 Å². The van der Waals surface area contributed by atoms with E-state index in [2.05, 4.69) is 52.6 Å². The highest BCUT2D eigenvalue weighted by Gasteiger charge is 2.39. The van der Waals surface area contributed by atoms with Crippen molar-refractivity contribution < 1.29 is 85.5 Å². The normalized spacial score (nSPS) is 16.2. The Hall–Kier alpha value is -6.89. The SMILES string of the molecule is COC(=O)[C@H](COC(C)(C)C)NC(=O)[C@H](COC(C)(C)C)NC(=O)CNC(=O)[C@@H](NC(=O)[C@H](CC(C)C)NC(=O)[C@@H](CCCNC(=N)NS(=O)(=O)c1c(C)c(C)c2c(c1C)CCC(C)(C)O2)NC(=O)[C@H](CC(C)C)NC(=O)[C@@H](NC(=O)OC(C)(C)C)[C@H](O)C(C)C)[C@H](C)O. The van der Waals surface area contributed by atoms with Crippen molar-refractivity contribution in [2.75, 3.05) is 33.4 Å². The lowest BCUT2D eigenvalue weighted by molar-refractivity contribution is -0.149. The molecule has 94 heavy (non-hydrogen) atoms. The topological polar surface area (TPSA) is 419 Å². The van der Waals surface area contributed by atoms with Gasteiger partial charge >= 0.3 is 12.1 Å². The van der Waals surface area contributed by atoms with Gasteiger partial charge in [0.05, 0.1) is 55.2 Å². The van der Waals surface area contributed by atoms with Gasteiger partial charge in [0, 0.05) is 6.54 Å². The van der Waals surface area contributed by atoms with Gasteiger partial charge < -0.3 is 81.7 Å². The average molecular weight is 1350 g/mol. The summed E-state index contributed by atoms with van der Waals surface area (Å²) in [7, 11) is -3.23. The minimum atomic E-state index is -4.36. The number of sulfonamides is 1. The average Bonchev–Trinajstić information content (AvgIpc) is 0.747. The predicted molar refractivity (Wildman–Crippen MR) is 352 cm³/mol. The van der Waals surface area contributed by atoms with Crippen molar-refractivity contribution in [3.8, 4) is 5.75 Å². The van der Waals surface area contributed by atoms with Gasteiger partial charge in [-0.25, -0.2) is 22.7 Å². The molecule has 0 spiro atoms. The maximum atomic E-state index is 14.7. The number of carbonyl (C=O) groups is 9. The number of hydrogen-bond acceptors (Lipinski definition) is 19. The van der Waals surface area contributed by atoms with Crippen molar-refractivity contribution in [3.63, 3.8) is 0 Å². The summed E-state index contributed by atoms with van der Waals surface area (Å²) in [5.74, 6) is -8.56. The Morgan fingerprint density at radius 1 is 0.606 bits per heavy atom. The Morgan fingerprint density at radius 3 is 1.60 bits per heavy atom. The number of aliphatic hydroxyl groups excluding tert-OH is 2. The summed E-state index contributed by atoms with van der Waals surface area (Å²) in [6.07, 6.45) is -3.24. The molecule has 8 amide bonds. The Labute approximate surface area is 555 Å². The molecule has 0 aromatic heterocycles. The molecular weight excluding hydrogens is 1240 g/mol. The summed E-state index contributed by atoms with van der Waals surface area (Å²) in [6.45, 7) is 34.0. The standard InChI is InChI=1S/C64H111N11O18S/c1-33(2)28-42(71-57(84)48(49(78)35(5)6)74-60(86)93-63(17,18)19)53(80)69-41(24-23-27-66-59(65)75-94(87,88)51-37(8)36(7)50-40(38(51)9)25-26-64(20,21)92-50)52(79)70-43(29-34(3)4)54(81)73-47(39(10)76)56(83)67-30-46(77)68-44(31-90-61(11,12)13)55(82)72-45(58(85)89-22)32-91-62(14,15)16/h33-35,39,41-45,47-49,76,78H,23-32H2,1-22H3,(H,67,83)(H,68,77)(H,69,80)(H,70,79)(H,71,84)(H,72,82)(H,73,81)(H,74,86)(H3,65,66,75)/t39-,41+,42-,43-,44-,45-,47-,48-,49+/m0/s1. The number of aliphatic hydroxyl groups is 2. The van der Waals surface area contributed by atoms with E-state index in [-0.39, 0.29) is 62.2 Å². The third kappa shape index (κ3) is 28.2. The van der Waals surface area contributed by atoms with Crippen molar-refractivity contribution in [2.45, 2.75) is 266 Å². The fraction of sp³-hybridized carbons (Fsp3) is 0.750. The fourth-order valence-electron chi connectivity index (χ4n) is 9.71. The number of alkyl carbamates (subject to hydrolysis) is 1. The number of amides is 8. The molecule has 29 nitrogen and oxygen atoms in total. The van der Waals surface area contributed by atoms with Crippen LogP contribution in [-0.4, -0.2) is 188 Å². The first-order valence-electron chi connectivity index (χ1n) is 32.0. The van der Waals surface area contributed by atoms with Crippen molar-refractivity contribution in [1.29, 1.82) is 5.41 Å². The minimum Gasteiger partial charge on any atom is -0.487 e. The van der Waals surface area contributed by atoms with Crippen molar-refractivity contribution in [2.24, 2.45) is 17.8 Å². The van der Waals surface area contributed by atoms with Crippen molar-refractivity contribution in [1.82, 2.24) is 52.6 Å². The lowest BCUT2D eigenvalue weighted by Crippen LogP contribution is -2.61. The molecule has 0 saturated heterocycles. The molecule has 13 N–H and O–H groups in total. The first kappa shape index (κ1) is 83.2. The third-order valence-electron chi connectivity index (χ3n) is 14.7. The third-order valence-corrected chi connectivity index (χ3v) is 16.4. The number of guanidine groups is 1. The highest BCUT2D eigenvalue weighted by molar-refractivity contribution is 7.90. The molecule has 1 aliphatic rings. The highest BCUT2D eigenvalue weighted by Crippen LogP contribution is 2.42. The van der Waals surface area contributed by atoms with Crippen LogP contribution in [-0.2, 0) is 73.7 Å². The summed E-state index contributed by atoms with van der Waals surface area (Å²) in [6, 6.07) is -10.5. The maximum absolute atomic E-state index is 14.7. The van der Waals surface area contributed by atoms with Crippen molar-refractivity contribution >= 4 is 69.4 Å². The summed E-state index contributed by atoms with van der Waals surface area (Å²) >= 11 is 0. The van der Waals surface area contributed by atoms with Gasteiger partial charge in [-0.15, -0.1) is 0 Å². The molecule has 0 saturated carbocycles. The first-order valence-corrected chi connectivity index (χ1v) is 33.5. The second-order valence-electron chi connectivity index (χ2n) is 28.7. The molecule has 1 heterocycles. The highest BCUT2D eigenvalue weighted by atomic mass is 32.2. The second-order valence-corrected chi connectivity index (χ2v) is 30.3. The molecule has 30 heteroatoms. The second kappa shape index (κ2) is 35.7. The monoisotopic (exact) mass is 1350 g/mol. The number of fused-ring (bicyclic) bond motifs is 1. The van der Waals surface area contributed by atoms with Crippen LogP contribution in [0.15, 0.2) is 4.90 Å². The predicted octanol–water partition coefficient (Wildman–Crippen LogP) is 2.51. The van der Waals surface area contributed by atoms with Crippen LogP contribution >= 0.6 is 0 Å². The summed E-state index contributed by atoms with van der Waals surface area (Å²) < 4.78 is 58.4. The van der Waals surface area contributed by atoms with Crippen LogP contribution in [0.3, 0.4) is 0 Å². The van der Waals surface area contributed by atoms with E-state index in [0.29, 0.717) is 35.3 Å². The van der Waals surface area contributed by atoms with Crippen LogP contribution in [0.2, 0.25) is 0 Å². The Balaban J connectivity index is 2.52. The summed E-state index contributed by atoms with van der Waals surface area (Å²) in [5, 5.41) is 53.6. The number of ether oxygens (including phenoxy) is 5. The maximum Gasteiger partial charge on any atom is 0.408 e. The largest absolute Gasteiger partial charge is 0.487 e. The summed E-state index contributed by atoms with van der Waals surface area (Å²) in [5.41, 5.74) is -0.609. The number of benzene rings is 1. The summed E-state index contributed by atoms with van der Waals surface area (Å²) in [4.78, 5) is 124. The number of nitrogens with one attached hydrogen (secondary N) is 11. The minimum absolute atomic E-state index is 0.000961. The quantitative estimate of drug-likeness (QED) is 0.0208. The van der Waals surface area contributed by atoms with Gasteiger partial charge in [-0.3, -0.25) is 39.0 Å². The lowest BCUT2D eigenvalue weighted by Gasteiger charge is -2.35. The van der Waals surface area contributed by atoms with Crippen LogP contribution in [0.4, 0.5) is 4.79 Å². The molecule has 1 aromatic rings. The van der Waals surface area contributed by atoms with Gasteiger partial charge in [0.2, 0.25) is 47.3 Å². The van der Waals surface area contributed by atoms with E-state index in [1.54, 1.807) is 125 Å². The molecule has 0 bridgehead atoms. The van der Waals surface area contributed by atoms with Crippen LogP contribution in [0.25, 0.3) is 0 Å². The molecule has 0 aliphatic carbocycles. The van der Waals surface area contributed by atoms with Crippen LogP contribution in [0, 0.1) is 43.9 Å². The van der Waals surface area contributed by atoms with E-state index in [1.807, 2.05) is 13.8 Å². The smallest absolute Gasteiger partial charge is 0.408 e. The number of hydrogen-bond donors (Lipinski definition) is 13. The van der Waals surface area contributed by atoms with E-state index < -0.39 is 159 Å². The van der Waals surface area contributed by atoms with Gasteiger partial charge in [-0.05, 0) is 182 Å². The number of rotatable bonds is 33. The van der Waals surface area contributed by atoms with Crippen molar-refractivity contribution in [3.05, 3.63) is 22.3 Å². The zero-order valence-electron chi connectivity index (χ0n) is 59.3. The van der Waals surface area contributed by atoms with Crippen LogP contribution in [0.1, 0.15) is 179 Å². The molecule has 536 valence electrons. The van der Waals surface area contributed by atoms with Gasteiger partial charge in [-0.2, -0.15) is 0 Å². The molecule has 2 rings (SSSR count). The number of carbonyl (C=O) groups excluding carboxylic acids is 9. The zero-order chi connectivity index (χ0) is 72.3. The molecule has 1 aromatic carbocycles. The Morgan fingerprint density at radius 2 is 1.10 bits per heavy atom. The molecule has 0 radical (unpaired) electrons. The Bertz CT molecular complexity index is 2930. The number of esters is 1. The van der Waals surface area contributed by atoms with E-state index in [9.17, 15) is 61.8 Å². The molecule has 0 unspecified atom stereocenters. The van der Waals surface area contributed by atoms with Crippen LogP contribution in [0.5, 0.6) is 5.75 Å². The van der Waals surface area contributed by atoms with E-state index >= 15 is 0 Å². The molecular formula is C64H111N11O18S. The molecule has 9 atom stereocenters. The Kier molecular flexibility index (Phi) is 31.6.